The van der Waals surface area contributed by atoms with Gasteiger partial charge in [0.1, 0.15) is 5.82 Å². The maximum Gasteiger partial charge on any atom is 0.291 e. The van der Waals surface area contributed by atoms with E-state index in [2.05, 4.69) is 17.2 Å². The van der Waals surface area contributed by atoms with Crippen LogP contribution in [-0.2, 0) is 4.74 Å². The molecule has 0 aliphatic rings. The van der Waals surface area contributed by atoms with Crippen molar-refractivity contribution in [1.29, 1.82) is 0 Å². The maximum absolute atomic E-state index is 13.1. The van der Waals surface area contributed by atoms with Crippen LogP contribution in [0, 0.1) is 5.82 Å². The number of aliphatic imine (C=N–C) groups is 1. The number of amides is 1. The van der Waals surface area contributed by atoms with Gasteiger partial charge in [0.2, 0.25) is 0 Å². The fraction of sp³-hybridized carbons (Fsp3) is 0.467. The van der Waals surface area contributed by atoms with E-state index < -0.39 is 11.7 Å². The molecule has 110 valence electrons. The summed E-state index contributed by atoms with van der Waals surface area (Å²) in [6.07, 6.45) is 3.14. The summed E-state index contributed by atoms with van der Waals surface area (Å²) < 4.78 is 18.3. The quantitative estimate of drug-likeness (QED) is 0.494. The molecule has 0 bridgehead atoms. The Bertz CT molecular complexity index is 461. The Kier molecular flexibility index (Phi) is 7.32. The van der Waals surface area contributed by atoms with E-state index in [4.69, 9.17) is 4.74 Å². The number of hydrogen-bond donors (Lipinski definition) is 1. The monoisotopic (exact) mass is 280 g/mol. The minimum Gasteiger partial charge on any atom is -0.465 e. The molecule has 0 saturated carbocycles. The number of halogens is 1. The van der Waals surface area contributed by atoms with Crippen molar-refractivity contribution in [2.75, 3.05) is 13.2 Å². The highest BCUT2D eigenvalue weighted by Gasteiger charge is 2.10. The lowest BCUT2D eigenvalue weighted by Gasteiger charge is -2.09. The number of unbranched alkanes of at least 4 members (excludes halogenated alkanes) is 2. The van der Waals surface area contributed by atoms with Crippen LogP contribution in [0.25, 0.3) is 0 Å². The van der Waals surface area contributed by atoms with Gasteiger partial charge < -0.3 is 4.74 Å². The average molecular weight is 280 g/mol. The minimum atomic E-state index is -0.449. The van der Waals surface area contributed by atoms with Crippen molar-refractivity contribution >= 4 is 11.9 Å². The highest BCUT2D eigenvalue weighted by Crippen LogP contribution is 2.03. The fourth-order valence-corrected chi connectivity index (χ4v) is 1.60. The van der Waals surface area contributed by atoms with Crippen LogP contribution in [-0.4, -0.2) is 25.1 Å². The van der Waals surface area contributed by atoms with E-state index in [-0.39, 0.29) is 11.6 Å². The summed E-state index contributed by atoms with van der Waals surface area (Å²) in [6.45, 7) is 4.94. The second kappa shape index (κ2) is 9.07. The summed E-state index contributed by atoms with van der Waals surface area (Å²) in [4.78, 5) is 16.1. The molecule has 0 atom stereocenters. The minimum absolute atomic E-state index is 0.192. The van der Waals surface area contributed by atoms with Crippen molar-refractivity contribution in [3.63, 3.8) is 0 Å². The number of carbonyl (C=O) groups is 1. The van der Waals surface area contributed by atoms with Gasteiger partial charge in [-0.2, -0.15) is 0 Å². The molecule has 0 radical (unpaired) electrons. The third-order valence-electron chi connectivity index (χ3n) is 2.61. The Morgan fingerprint density at radius 3 is 2.80 bits per heavy atom. The molecule has 0 fully saturated rings. The van der Waals surface area contributed by atoms with Gasteiger partial charge in [-0.1, -0.05) is 25.8 Å². The summed E-state index contributed by atoms with van der Waals surface area (Å²) >= 11 is 0. The molecule has 0 aliphatic carbocycles. The zero-order chi connectivity index (χ0) is 14.8. The van der Waals surface area contributed by atoms with E-state index in [9.17, 15) is 9.18 Å². The highest BCUT2D eigenvalue weighted by molar-refractivity contribution is 6.04. The number of amidine groups is 1. The van der Waals surface area contributed by atoms with Crippen LogP contribution >= 0.6 is 0 Å². The molecule has 1 rings (SSSR count). The molecule has 0 aliphatic heterocycles. The Hall–Kier alpha value is -1.91. The lowest BCUT2D eigenvalue weighted by Crippen LogP contribution is -2.32. The SMILES string of the molecule is CCCCCN=C(NC(=O)c1cccc(F)c1)OCC. The van der Waals surface area contributed by atoms with E-state index in [0.29, 0.717) is 13.2 Å². The van der Waals surface area contributed by atoms with Gasteiger partial charge in [-0.05, 0) is 31.5 Å². The standard InChI is InChI=1S/C15H21FN2O2/c1-3-5-6-10-17-15(20-4-2)18-14(19)12-8-7-9-13(16)11-12/h7-9,11H,3-6,10H2,1-2H3,(H,17,18,19). The van der Waals surface area contributed by atoms with Crippen molar-refractivity contribution in [1.82, 2.24) is 5.32 Å². The Labute approximate surface area is 119 Å². The first kappa shape index (κ1) is 16.1. The van der Waals surface area contributed by atoms with Crippen LogP contribution in [0.3, 0.4) is 0 Å². The zero-order valence-corrected chi connectivity index (χ0v) is 12.0. The number of hydrogen-bond acceptors (Lipinski definition) is 3. The summed E-state index contributed by atoms with van der Waals surface area (Å²) in [7, 11) is 0. The van der Waals surface area contributed by atoms with E-state index in [0.717, 1.165) is 19.3 Å². The molecule has 4 nitrogen and oxygen atoms in total. The molecular weight excluding hydrogens is 259 g/mol. The molecule has 1 N–H and O–H groups in total. The van der Waals surface area contributed by atoms with Gasteiger partial charge >= 0.3 is 0 Å². The number of nitrogens with zero attached hydrogens (tertiary/aromatic N) is 1. The highest BCUT2D eigenvalue weighted by atomic mass is 19.1. The lowest BCUT2D eigenvalue weighted by atomic mass is 10.2. The predicted octanol–water partition coefficient (Wildman–Crippen LogP) is 3.14. The van der Waals surface area contributed by atoms with Crippen LogP contribution in [0.4, 0.5) is 4.39 Å². The lowest BCUT2D eigenvalue weighted by molar-refractivity contribution is 0.0965. The van der Waals surface area contributed by atoms with Gasteiger partial charge in [0.15, 0.2) is 0 Å². The first-order valence-corrected chi connectivity index (χ1v) is 6.91. The van der Waals surface area contributed by atoms with E-state index >= 15 is 0 Å². The Morgan fingerprint density at radius 1 is 1.35 bits per heavy atom. The molecule has 0 unspecified atom stereocenters. The van der Waals surface area contributed by atoms with Gasteiger partial charge in [0, 0.05) is 12.1 Å². The molecule has 1 amide bonds. The average Bonchev–Trinajstić information content (AvgIpc) is 2.43. The molecule has 1 aromatic carbocycles. The summed E-state index contributed by atoms with van der Waals surface area (Å²) in [5.74, 6) is -0.873. The van der Waals surface area contributed by atoms with Crippen molar-refractivity contribution in [2.24, 2.45) is 4.99 Å². The van der Waals surface area contributed by atoms with Crippen LogP contribution in [0.2, 0.25) is 0 Å². The van der Waals surface area contributed by atoms with E-state index in [1.54, 1.807) is 6.07 Å². The van der Waals surface area contributed by atoms with Gasteiger partial charge in [0.25, 0.3) is 11.9 Å². The summed E-state index contributed by atoms with van der Waals surface area (Å²) in [5.41, 5.74) is 0.242. The van der Waals surface area contributed by atoms with Crippen LogP contribution in [0.1, 0.15) is 43.5 Å². The second-order valence-corrected chi connectivity index (χ2v) is 4.29. The van der Waals surface area contributed by atoms with Crippen LogP contribution in [0.15, 0.2) is 29.3 Å². The van der Waals surface area contributed by atoms with Crippen molar-refractivity contribution < 1.29 is 13.9 Å². The van der Waals surface area contributed by atoms with Gasteiger partial charge in [0.05, 0.1) is 6.61 Å². The topological polar surface area (TPSA) is 50.7 Å². The largest absolute Gasteiger partial charge is 0.465 e. The summed E-state index contributed by atoms with van der Waals surface area (Å²) in [6, 6.07) is 5.69. The zero-order valence-electron chi connectivity index (χ0n) is 12.0. The molecule has 20 heavy (non-hydrogen) atoms. The Morgan fingerprint density at radius 2 is 2.15 bits per heavy atom. The third kappa shape index (κ3) is 5.82. The van der Waals surface area contributed by atoms with Gasteiger partial charge in [-0.3, -0.25) is 10.1 Å². The summed E-state index contributed by atoms with van der Waals surface area (Å²) in [5, 5.41) is 2.56. The second-order valence-electron chi connectivity index (χ2n) is 4.29. The van der Waals surface area contributed by atoms with Crippen LogP contribution < -0.4 is 5.32 Å². The van der Waals surface area contributed by atoms with Crippen molar-refractivity contribution in [3.05, 3.63) is 35.6 Å². The molecule has 5 heteroatoms. The fourth-order valence-electron chi connectivity index (χ4n) is 1.60. The van der Waals surface area contributed by atoms with Gasteiger partial charge in [-0.15, -0.1) is 0 Å². The van der Waals surface area contributed by atoms with Crippen LogP contribution in [0.5, 0.6) is 0 Å². The number of benzene rings is 1. The van der Waals surface area contributed by atoms with E-state index in [1.165, 1.54) is 18.2 Å². The molecular formula is C15H21FN2O2. The molecule has 0 aromatic heterocycles. The first-order chi connectivity index (χ1) is 9.67. The first-order valence-electron chi connectivity index (χ1n) is 6.91. The number of carbonyl (C=O) groups excluding carboxylic acids is 1. The number of rotatable bonds is 6. The number of nitrogens with one attached hydrogen (secondary N) is 1. The Balaban J connectivity index is 2.62. The number of ether oxygens (including phenoxy) is 1. The molecule has 1 aromatic rings. The van der Waals surface area contributed by atoms with Crippen molar-refractivity contribution in [2.45, 2.75) is 33.1 Å². The molecule has 0 saturated heterocycles. The van der Waals surface area contributed by atoms with E-state index in [1.807, 2.05) is 6.92 Å². The predicted molar refractivity (Wildman–Crippen MR) is 77.3 cm³/mol. The normalized spacial score (nSPS) is 11.2. The third-order valence-corrected chi connectivity index (χ3v) is 2.61. The molecule has 0 spiro atoms. The smallest absolute Gasteiger partial charge is 0.291 e. The molecule has 0 heterocycles. The van der Waals surface area contributed by atoms with Crippen molar-refractivity contribution in [3.8, 4) is 0 Å². The van der Waals surface area contributed by atoms with Gasteiger partial charge in [-0.25, -0.2) is 9.38 Å². The maximum atomic E-state index is 13.1.